The zero-order valence-corrected chi connectivity index (χ0v) is 12.2. The Bertz CT molecular complexity index is 595. The van der Waals surface area contributed by atoms with Gasteiger partial charge in [0, 0.05) is 6.04 Å². The van der Waals surface area contributed by atoms with Crippen LogP contribution < -0.4 is 10.0 Å². The highest BCUT2D eigenvalue weighted by molar-refractivity contribution is 7.89. The Morgan fingerprint density at radius 1 is 1.19 bits per heavy atom. The number of sulfonamides is 1. The van der Waals surface area contributed by atoms with E-state index in [2.05, 4.69) is 5.32 Å². The van der Waals surface area contributed by atoms with E-state index in [0.29, 0.717) is 12.1 Å². The number of nitrogens with one attached hydrogen (secondary N) is 2. The van der Waals surface area contributed by atoms with Crippen molar-refractivity contribution < 1.29 is 26.4 Å². The standard InChI is InChI=1S/C12H15F3N2O3S/c1-8(2)17-11(18)7-16-21(19,20)10-5-3-9(4-6-10)12(13,14)15/h3-6,8,16H,7H2,1-2H3,(H,17,18). The zero-order chi connectivity index (χ0) is 16.3. The fourth-order valence-corrected chi connectivity index (χ4v) is 2.42. The number of halogens is 3. The molecule has 1 aromatic rings. The lowest BCUT2D eigenvalue weighted by atomic mass is 10.2. The number of hydrogen-bond acceptors (Lipinski definition) is 3. The Labute approximate surface area is 120 Å². The van der Waals surface area contributed by atoms with Crippen molar-refractivity contribution in [2.75, 3.05) is 6.54 Å². The van der Waals surface area contributed by atoms with Crippen LogP contribution in [0.15, 0.2) is 29.2 Å². The Morgan fingerprint density at radius 2 is 1.71 bits per heavy atom. The third-order valence-electron chi connectivity index (χ3n) is 2.36. The summed E-state index contributed by atoms with van der Waals surface area (Å²) < 4.78 is 62.8. The molecule has 0 aliphatic carbocycles. The van der Waals surface area contributed by atoms with Crippen molar-refractivity contribution in [3.63, 3.8) is 0 Å². The maximum Gasteiger partial charge on any atom is 0.416 e. The van der Waals surface area contributed by atoms with Crippen molar-refractivity contribution in [3.8, 4) is 0 Å². The van der Waals surface area contributed by atoms with E-state index in [1.165, 1.54) is 0 Å². The van der Waals surface area contributed by atoms with E-state index >= 15 is 0 Å². The number of hydrogen-bond donors (Lipinski definition) is 2. The first-order chi connectivity index (χ1) is 9.52. The normalized spacial score (nSPS) is 12.5. The second kappa shape index (κ2) is 6.44. The molecule has 0 unspecified atom stereocenters. The average Bonchev–Trinajstić information content (AvgIpc) is 2.35. The molecule has 0 heterocycles. The van der Waals surface area contributed by atoms with Crippen LogP contribution in [-0.4, -0.2) is 26.9 Å². The van der Waals surface area contributed by atoms with Crippen molar-refractivity contribution in [1.82, 2.24) is 10.0 Å². The van der Waals surface area contributed by atoms with Crippen molar-refractivity contribution in [2.45, 2.75) is 31.0 Å². The molecule has 0 bridgehead atoms. The molecule has 1 rings (SSSR count). The van der Waals surface area contributed by atoms with Crippen LogP contribution in [-0.2, 0) is 21.0 Å². The van der Waals surface area contributed by atoms with Gasteiger partial charge in [-0.1, -0.05) is 0 Å². The summed E-state index contributed by atoms with van der Waals surface area (Å²) in [6, 6.07) is 2.87. The topological polar surface area (TPSA) is 75.3 Å². The van der Waals surface area contributed by atoms with Gasteiger partial charge in [-0.25, -0.2) is 13.1 Å². The Kier molecular flexibility index (Phi) is 5.35. The quantitative estimate of drug-likeness (QED) is 0.862. The molecule has 9 heteroatoms. The van der Waals surface area contributed by atoms with Gasteiger partial charge in [0.25, 0.3) is 0 Å². The number of rotatable bonds is 5. The van der Waals surface area contributed by atoms with Gasteiger partial charge < -0.3 is 5.32 Å². The molecule has 0 saturated carbocycles. The molecule has 1 amide bonds. The fourth-order valence-electron chi connectivity index (χ4n) is 1.44. The van der Waals surface area contributed by atoms with Crippen LogP contribution >= 0.6 is 0 Å². The predicted molar refractivity (Wildman–Crippen MR) is 69.9 cm³/mol. The van der Waals surface area contributed by atoms with Crippen LogP contribution in [0.1, 0.15) is 19.4 Å². The van der Waals surface area contributed by atoms with E-state index in [-0.39, 0.29) is 10.9 Å². The molecule has 0 aromatic heterocycles. The molecule has 0 spiro atoms. The highest BCUT2D eigenvalue weighted by Gasteiger charge is 2.30. The summed E-state index contributed by atoms with van der Waals surface area (Å²) in [4.78, 5) is 11.0. The third-order valence-corrected chi connectivity index (χ3v) is 3.78. The van der Waals surface area contributed by atoms with Gasteiger partial charge in [-0.3, -0.25) is 4.79 Å². The molecule has 0 atom stereocenters. The first kappa shape index (κ1) is 17.4. The van der Waals surface area contributed by atoms with Gasteiger partial charge in [-0.05, 0) is 38.1 Å². The van der Waals surface area contributed by atoms with Gasteiger partial charge in [-0.2, -0.15) is 13.2 Å². The van der Waals surface area contributed by atoms with Crippen LogP contribution in [0.3, 0.4) is 0 Å². The molecule has 21 heavy (non-hydrogen) atoms. The van der Waals surface area contributed by atoms with E-state index in [9.17, 15) is 26.4 Å². The van der Waals surface area contributed by atoms with E-state index in [4.69, 9.17) is 0 Å². The summed E-state index contributed by atoms with van der Waals surface area (Å²) in [6.07, 6.45) is -4.53. The van der Waals surface area contributed by atoms with Crippen molar-refractivity contribution in [2.24, 2.45) is 0 Å². The molecule has 0 fully saturated rings. The van der Waals surface area contributed by atoms with Gasteiger partial charge in [0.05, 0.1) is 17.0 Å². The van der Waals surface area contributed by atoms with Gasteiger partial charge in [0.15, 0.2) is 0 Å². The van der Waals surface area contributed by atoms with Gasteiger partial charge in [0.1, 0.15) is 0 Å². The van der Waals surface area contributed by atoms with Crippen LogP contribution in [0.25, 0.3) is 0 Å². The summed E-state index contributed by atoms with van der Waals surface area (Å²) in [5, 5.41) is 2.48. The minimum Gasteiger partial charge on any atom is -0.353 e. The van der Waals surface area contributed by atoms with Crippen LogP contribution in [0.4, 0.5) is 13.2 Å². The molecule has 0 aliphatic rings. The fraction of sp³-hybridized carbons (Fsp3) is 0.417. The van der Waals surface area contributed by atoms with Crippen LogP contribution in [0.5, 0.6) is 0 Å². The molecule has 118 valence electrons. The third kappa shape index (κ3) is 5.35. The van der Waals surface area contributed by atoms with Gasteiger partial charge >= 0.3 is 6.18 Å². The highest BCUT2D eigenvalue weighted by Crippen LogP contribution is 2.29. The minimum absolute atomic E-state index is 0.145. The monoisotopic (exact) mass is 324 g/mol. The van der Waals surface area contributed by atoms with Gasteiger partial charge in [0.2, 0.25) is 15.9 Å². The van der Waals surface area contributed by atoms with Crippen molar-refractivity contribution >= 4 is 15.9 Å². The first-order valence-corrected chi connectivity index (χ1v) is 7.47. The van der Waals surface area contributed by atoms with Gasteiger partial charge in [-0.15, -0.1) is 0 Å². The maximum absolute atomic E-state index is 12.4. The zero-order valence-electron chi connectivity index (χ0n) is 11.4. The predicted octanol–water partition coefficient (Wildman–Crippen LogP) is 1.51. The molecule has 0 aliphatic heterocycles. The Hall–Kier alpha value is -1.61. The van der Waals surface area contributed by atoms with E-state index in [1.54, 1.807) is 13.8 Å². The molecular formula is C12H15F3N2O3S. The summed E-state index contributed by atoms with van der Waals surface area (Å²) in [5.74, 6) is -0.527. The summed E-state index contributed by atoms with van der Waals surface area (Å²) in [7, 11) is -4.03. The van der Waals surface area contributed by atoms with E-state index in [1.807, 2.05) is 4.72 Å². The highest BCUT2D eigenvalue weighted by atomic mass is 32.2. The number of alkyl halides is 3. The lowest BCUT2D eigenvalue weighted by molar-refractivity contribution is -0.137. The second-order valence-electron chi connectivity index (χ2n) is 4.57. The first-order valence-electron chi connectivity index (χ1n) is 5.98. The van der Waals surface area contributed by atoms with Crippen molar-refractivity contribution in [3.05, 3.63) is 29.8 Å². The lowest BCUT2D eigenvalue weighted by Crippen LogP contribution is -2.39. The number of carbonyl (C=O) groups excluding carboxylic acids is 1. The average molecular weight is 324 g/mol. The number of benzene rings is 1. The minimum atomic E-state index is -4.53. The molecule has 5 nitrogen and oxygen atoms in total. The largest absolute Gasteiger partial charge is 0.416 e. The van der Waals surface area contributed by atoms with Crippen LogP contribution in [0.2, 0.25) is 0 Å². The number of amides is 1. The van der Waals surface area contributed by atoms with E-state index < -0.39 is 34.2 Å². The molecule has 0 saturated heterocycles. The smallest absolute Gasteiger partial charge is 0.353 e. The SMILES string of the molecule is CC(C)NC(=O)CNS(=O)(=O)c1ccc(C(F)(F)F)cc1. The summed E-state index contributed by atoms with van der Waals surface area (Å²) >= 11 is 0. The molecular weight excluding hydrogens is 309 g/mol. The summed E-state index contributed by atoms with van der Waals surface area (Å²) in [6.45, 7) is 2.94. The van der Waals surface area contributed by atoms with Crippen LogP contribution in [0, 0.1) is 0 Å². The molecule has 1 aromatic carbocycles. The van der Waals surface area contributed by atoms with Crippen molar-refractivity contribution in [1.29, 1.82) is 0 Å². The number of carbonyl (C=O) groups is 1. The maximum atomic E-state index is 12.4. The lowest BCUT2D eigenvalue weighted by Gasteiger charge is -2.11. The molecule has 2 N–H and O–H groups in total. The Morgan fingerprint density at radius 3 is 2.14 bits per heavy atom. The Balaban J connectivity index is 2.77. The summed E-state index contributed by atoms with van der Waals surface area (Å²) in [5.41, 5.74) is -0.945. The molecule has 0 radical (unpaired) electrons. The van der Waals surface area contributed by atoms with E-state index in [0.717, 1.165) is 12.1 Å². The second-order valence-corrected chi connectivity index (χ2v) is 6.34.